The summed E-state index contributed by atoms with van der Waals surface area (Å²) in [7, 11) is -3.08. The minimum Gasteiger partial charge on any atom is -0.361 e. The van der Waals surface area contributed by atoms with Crippen molar-refractivity contribution < 1.29 is 13.2 Å². The van der Waals surface area contributed by atoms with Crippen LogP contribution < -0.4 is 0 Å². The number of sulfone groups is 1. The largest absolute Gasteiger partial charge is 0.361 e. The summed E-state index contributed by atoms with van der Waals surface area (Å²) in [5.41, 5.74) is 1.89. The van der Waals surface area contributed by atoms with Gasteiger partial charge in [-0.05, 0) is 6.07 Å². The number of hydrogen-bond donors (Lipinski definition) is 1. The predicted octanol–water partition coefficient (Wildman–Crippen LogP) is 1.62. The molecule has 2 saturated heterocycles. The van der Waals surface area contributed by atoms with Crippen LogP contribution in [0.3, 0.4) is 0 Å². The van der Waals surface area contributed by atoms with Crippen LogP contribution in [0.15, 0.2) is 40.6 Å². The van der Waals surface area contributed by atoms with Crippen molar-refractivity contribution in [3.05, 3.63) is 36.0 Å². The van der Waals surface area contributed by atoms with Crippen LogP contribution in [0.2, 0.25) is 0 Å². The molecule has 2 atom stereocenters. The molecule has 9 heteroatoms. The first-order valence-corrected chi connectivity index (χ1v) is 10.5. The number of aromatic nitrogens is 1. The van der Waals surface area contributed by atoms with Crippen LogP contribution in [0.5, 0.6) is 0 Å². The average Bonchev–Trinajstić information content (AvgIpc) is 3.16. The highest BCUT2D eigenvalue weighted by molar-refractivity contribution is 8.15. The van der Waals surface area contributed by atoms with Gasteiger partial charge in [-0.15, -0.1) is 0 Å². The maximum Gasteiger partial charge on any atom is 0.245 e. The lowest BCUT2D eigenvalue weighted by atomic mass is 10.2. The number of carbonyl (C=O) groups is 1. The highest BCUT2D eigenvalue weighted by Gasteiger charge is 2.49. The van der Waals surface area contributed by atoms with E-state index in [-0.39, 0.29) is 28.7 Å². The molecule has 0 bridgehead atoms. The number of rotatable bonds is 2. The fourth-order valence-corrected chi connectivity index (χ4v) is 7.02. The maximum absolute atomic E-state index is 11.9. The van der Waals surface area contributed by atoms with Crippen molar-refractivity contribution in [1.82, 2.24) is 9.99 Å². The smallest absolute Gasteiger partial charge is 0.245 e. The summed E-state index contributed by atoms with van der Waals surface area (Å²) in [6.07, 6.45) is 3.53. The number of aromatic amines is 1. The minimum atomic E-state index is -3.08. The summed E-state index contributed by atoms with van der Waals surface area (Å²) in [6.45, 7) is 1.37. The first-order valence-electron chi connectivity index (χ1n) is 7.79. The third kappa shape index (κ3) is 3.09. The Morgan fingerprint density at radius 3 is 2.96 bits per heavy atom. The molecule has 25 heavy (non-hydrogen) atoms. The van der Waals surface area contributed by atoms with Gasteiger partial charge in [-0.3, -0.25) is 4.79 Å². The van der Waals surface area contributed by atoms with E-state index in [0.717, 1.165) is 16.5 Å². The molecule has 0 unspecified atom stereocenters. The first kappa shape index (κ1) is 16.3. The SMILES string of the molecule is CC(=O)N=C1S[C@H]2CS(=O)(=O)C[C@H]2N1N=Cc1c[nH]c2ccccc12. The van der Waals surface area contributed by atoms with Crippen molar-refractivity contribution >= 4 is 49.8 Å². The fraction of sp³-hybridized carbons (Fsp3) is 0.312. The van der Waals surface area contributed by atoms with Crippen molar-refractivity contribution in [2.24, 2.45) is 10.1 Å². The van der Waals surface area contributed by atoms with Crippen LogP contribution in [0.4, 0.5) is 0 Å². The van der Waals surface area contributed by atoms with Gasteiger partial charge < -0.3 is 4.98 Å². The molecule has 7 nitrogen and oxygen atoms in total. The molecule has 0 radical (unpaired) electrons. The van der Waals surface area contributed by atoms with E-state index in [1.54, 1.807) is 11.2 Å². The molecule has 3 heterocycles. The number of benzene rings is 1. The molecule has 0 spiro atoms. The quantitative estimate of drug-likeness (QED) is 0.804. The van der Waals surface area contributed by atoms with Crippen LogP contribution in [0.1, 0.15) is 12.5 Å². The molecule has 130 valence electrons. The molecule has 2 aliphatic heterocycles. The molecule has 4 rings (SSSR count). The molecule has 2 aliphatic rings. The van der Waals surface area contributed by atoms with Gasteiger partial charge in [0.2, 0.25) is 5.91 Å². The number of nitrogens with zero attached hydrogens (tertiary/aromatic N) is 3. The third-order valence-electron chi connectivity index (χ3n) is 4.23. The standard InChI is InChI=1S/C16H16N4O3S2/c1-10(21)19-16-20(14-8-25(22,23)9-15(14)24-16)18-7-11-6-17-13-5-3-2-4-12(11)13/h2-7,14-15,17H,8-9H2,1H3/t14-,15+/m1/s1. The summed E-state index contributed by atoms with van der Waals surface area (Å²) in [5.74, 6) is -0.192. The number of carbonyl (C=O) groups excluding carboxylic acids is 1. The lowest BCUT2D eigenvalue weighted by Gasteiger charge is -2.17. The maximum atomic E-state index is 11.9. The molecule has 1 N–H and O–H groups in total. The van der Waals surface area contributed by atoms with E-state index in [4.69, 9.17) is 0 Å². The topological polar surface area (TPSA) is 95.0 Å². The second-order valence-corrected chi connectivity index (χ2v) is 9.45. The lowest BCUT2D eigenvalue weighted by Crippen LogP contribution is -2.33. The van der Waals surface area contributed by atoms with Crippen LogP contribution in [0.25, 0.3) is 10.9 Å². The highest BCUT2D eigenvalue weighted by atomic mass is 32.2. The van der Waals surface area contributed by atoms with Gasteiger partial charge in [-0.25, -0.2) is 13.4 Å². The minimum absolute atomic E-state index is 0.0345. The fourth-order valence-electron chi connectivity index (χ4n) is 3.14. The Balaban J connectivity index is 1.69. The van der Waals surface area contributed by atoms with Gasteiger partial charge in [0.25, 0.3) is 0 Å². The number of hydrazone groups is 1. The van der Waals surface area contributed by atoms with Crippen molar-refractivity contribution in [1.29, 1.82) is 0 Å². The molecule has 0 saturated carbocycles. The van der Waals surface area contributed by atoms with Crippen LogP contribution >= 0.6 is 11.8 Å². The average molecular weight is 376 g/mol. The first-order chi connectivity index (χ1) is 11.9. The number of thioether (sulfide) groups is 1. The molecular weight excluding hydrogens is 360 g/mol. The van der Waals surface area contributed by atoms with Gasteiger partial charge in [0, 0.05) is 29.6 Å². The zero-order chi connectivity index (χ0) is 17.6. The zero-order valence-electron chi connectivity index (χ0n) is 13.4. The number of H-pyrrole nitrogens is 1. The Bertz CT molecular complexity index is 1010. The Hall–Kier alpha value is -2.13. The van der Waals surface area contributed by atoms with E-state index in [0.29, 0.717) is 5.17 Å². The Morgan fingerprint density at radius 2 is 2.16 bits per heavy atom. The molecule has 0 aliphatic carbocycles. The summed E-state index contributed by atoms with van der Waals surface area (Å²) >= 11 is 1.32. The molecule has 1 aromatic carbocycles. The van der Waals surface area contributed by atoms with E-state index >= 15 is 0 Å². The second-order valence-electron chi connectivity index (χ2n) is 6.09. The Morgan fingerprint density at radius 1 is 1.36 bits per heavy atom. The number of para-hydroxylation sites is 1. The van der Waals surface area contributed by atoms with E-state index in [2.05, 4.69) is 15.1 Å². The highest BCUT2D eigenvalue weighted by Crippen LogP contribution is 2.38. The van der Waals surface area contributed by atoms with Crippen molar-refractivity contribution in [3.8, 4) is 0 Å². The van der Waals surface area contributed by atoms with Gasteiger partial charge in [0.15, 0.2) is 15.0 Å². The second kappa shape index (κ2) is 5.99. The molecule has 2 fully saturated rings. The van der Waals surface area contributed by atoms with Crippen molar-refractivity contribution in [2.45, 2.75) is 18.2 Å². The summed E-state index contributed by atoms with van der Waals surface area (Å²) in [4.78, 5) is 18.6. The molecule has 2 aromatic rings. The number of amidine groups is 1. The van der Waals surface area contributed by atoms with Crippen molar-refractivity contribution in [3.63, 3.8) is 0 Å². The predicted molar refractivity (Wildman–Crippen MR) is 99.7 cm³/mol. The van der Waals surface area contributed by atoms with Crippen molar-refractivity contribution in [2.75, 3.05) is 11.5 Å². The Kier molecular flexibility index (Phi) is 3.92. The molecule has 1 amide bonds. The van der Waals surface area contributed by atoms with E-state index in [9.17, 15) is 13.2 Å². The van der Waals surface area contributed by atoms with Crippen LogP contribution in [0, 0.1) is 0 Å². The number of fused-ring (bicyclic) bond motifs is 2. The number of aliphatic imine (C=N–C) groups is 1. The van der Waals surface area contributed by atoms with Gasteiger partial charge in [-0.1, -0.05) is 30.0 Å². The van der Waals surface area contributed by atoms with Gasteiger partial charge >= 0.3 is 0 Å². The van der Waals surface area contributed by atoms with Gasteiger partial charge in [0.1, 0.15) is 0 Å². The van der Waals surface area contributed by atoms with Gasteiger partial charge in [-0.2, -0.15) is 10.1 Å². The summed E-state index contributed by atoms with van der Waals surface area (Å²) < 4.78 is 23.8. The molecular formula is C16H16N4O3S2. The third-order valence-corrected chi connectivity index (χ3v) is 7.43. The Labute approximate surface area is 149 Å². The normalized spacial score (nSPS) is 26.8. The zero-order valence-corrected chi connectivity index (χ0v) is 15.0. The van der Waals surface area contributed by atoms with E-state index in [1.807, 2.05) is 30.5 Å². The molecule has 1 aromatic heterocycles. The summed E-state index contributed by atoms with van der Waals surface area (Å²) in [6, 6.07) is 7.57. The van der Waals surface area contributed by atoms with Crippen LogP contribution in [-0.4, -0.2) is 58.5 Å². The van der Waals surface area contributed by atoms with E-state index in [1.165, 1.54) is 18.7 Å². The van der Waals surface area contributed by atoms with Gasteiger partial charge in [0.05, 0.1) is 29.0 Å². The number of nitrogens with one attached hydrogen (secondary N) is 1. The number of hydrogen-bond acceptors (Lipinski definition) is 5. The summed E-state index contributed by atoms with van der Waals surface area (Å²) in [5, 5.41) is 7.42. The monoisotopic (exact) mass is 376 g/mol. The van der Waals surface area contributed by atoms with Crippen LogP contribution in [-0.2, 0) is 14.6 Å². The van der Waals surface area contributed by atoms with E-state index < -0.39 is 9.84 Å². The lowest BCUT2D eigenvalue weighted by molar-refractivity contribution is -0.115. The number of amides is 1.